The Balaban J connectivity index is 1.87. The van der Waals surface area contributed by atoms with Crippen molar-refractivity contribution in [3.05, 3.63) is 60.6 Å². The number of hydrogen-bond donors (Lipinski definition) is 1. The van der Waals surface area contributed by atoms with Gasteiger partial charge in [0.25, 0.3) is 0 Å². The summed E-state index contributed by atoms with van der Waals surface area (Å²) in [6, 6.07) is 16.0. The van der Waals surface area contributed by atoms with E-state index in [0.29, 0.717) is 12.5 Å². The summed E-state index contributed by atoms with van der Waals surface area (Å²) in [7, 11) is 2.07. The fourth-order valence-electron chi connectivity index (χ4n) is 2.56. The van der Waals surface area contributed by atoms with Crippen molar-refractivity contribution in [3.63, 3.8) is 0 Å². The lowest BCUT2D eigenvalue weighted by Crippen LogP contribution is -2.20. The number of nitrogens with zero attached hydrogens (tertiary/aromatic N) is 3. The molecule has 25 heavy (non-hydrogen) atoms. The number of anilines is 2. The molecule has 2 heterocycles. The van der Waals surface area contributed by atoms with E-state index in [1.165, 1.54) is 0 Å². The summed E-state index contributed by atoms with van der Waals surface area (Å²) in [6.45, 7) is 3.72. The summed E-state index contributed by atoms with van der Waals surface area (Å²) < 4.78 is 5.37. The average Bonchev–Trinajstić information content (AvgIpc) is 3.18. The topological polar surface area (TPSA) is 54.2 Å². The summed E-state index contributed by atoms with van der Waals surface area (Å²) in [5.74, 6) is 2.38. The molecule has 0 aliphatic heterocycles. The molecular weight excluding hydrogens is 312 g/mol. The van der Waals surface area contributed by atoms with Crippen LogP contribution in [0.15, 0.2) is 59.2 Å². The standard InChI is InChI=1S/C20H24N4O/c1-3-4-12-24(2)19-14-18(16-9-6-5-7-10-16)22-20(23-19)21-15-17-11-8-13-25-17/h5-11,13-14H,3-4,12,15H2,1-2H3,(H,21,22,23). The molecule has 0 aliphatic carbocycles. The van der Waals surface area contributed by atoms with Gasteiger partial charge in [0.05, 0.1) is 18.5 Å². The largest absolute Gasteiger partial charge is 0.467 e. The molecule has 1 aromatic carbocycles. The van der Waals surface area contributed by atoms with Crippen molar-refractivity contribution in [2.24, 2.45) is 0 Å². The highest BCUT2D eigenvalue weighted by Crippen LogP contribution is 2.23. The Labute approximate surface area is 148 Å². The van der Waals surface area contributed by atoms with E-state index >= 15 is 0 Å². The van der Waals surface area contributed by atoms with Crippen molar-refractivity contribution in [2.75, 3.05) is 23.8 Å². The lowest BCUT2D eigenvalue weighted by molar-refractivity contribution is 0.517. The lowest BCUT2D eigenvalue weighted by atomic mass is 10.1. The Bertz CT molecular complexity index is 772. The van der Waals surface area contributed by atoms with Crippen molar-refractivity contribution in [3.8, 4) is 11.3 Å². The molecule has 0 unspecified atom stereocenters. The van der Waals surface area contributed by atoms with E-state index in [0.717, 1.165) is 42.2 Å². The number of unbranched alkanes of at least 4 members (excludes halogenated alkanes) is 1. The maximum atomic E-state index is 5.37. The minimum atomic E-state index is 0.559. The van der Waals surface area contributed by atoms with Crippen LogP contribution in [0.5, 0.6) is 0 Å². The first-order chi connectivity index (χ1) is 12.3. The molecular formula is C20H24N4O. The Morgan fingerprint density at radius 3 is 2.64 bits per heavy atom. The molecule has 0 spiro atoms. The Hall–Kier alpha value is -2.82. The van der Waals surface area contributed by atoms with Crippen LogP contribution in [0.1, 0.15) is 25.5 Å². The normalized spacial score (nSPS) is 10.6. The molecule has 0 amide bonds. The van der Waals surface area contributed by atoms with E-state index in [1.807, 2.05) is 36.4 Å². The second-order valence-corrected chi connectivity index (χ2v) is 6.01. The van der Waals surface area contributed by atoms with E-state index < -0.39 is 0 Å². The molecule has 5 nitrogen and oxygen atoms in total. The third-order valence-corrected chi connectivity index (χ3v) is 4.02. The summed E-state index contributed by atoms with van der Waals surface area (Å²) in [4.78, 5) is 11.5. The molecule has 130 valence electrons. The first kappa shape index (κ1) is 17.0. The molecule has 0 fully saturated rings. The third-order valence-electron chi connectivity index (χ3n) is 4.02. The first-order valence-corrected chi connectivity index (χ1v) is 8.68. The van der Waals surface area contributed by atoms with Crippen molar-refractivity contribution in [2.45, 2.75) is 26.3 Å². The van der Waals surface area contributed by atoms with Gasteiger partial charge in [0.15, 0.2) is 0 Å². The van der Waals surface area contributed by atoms with Gasteiger partial charge < -0.3 is 14.6 Å². The number of benzene rings is 1. The molecule has 0 saturated heterocycles. The van der Waals surface area contributed by atoms with Crippen LogP contribution in [-0.2, 0) is 6.54 Å². The van der Waals surface area contributed by atoms with E-state index in [4.69, 9.17) is 4.42 Å². The van der Waals surface area contributed by atoms with Gasteiger partial charge in [-0.15, -0.1) is 0 Å². The smallest absolute Gasteiger partial charge is 0.225 e. The van der Waals surface area contributed by atoms with Gasteiger partial charge in [-0.05, 0) is 18.6 Å². The Morgan fingerprint density at radius 2 is 1.92 bits per heavy atom. The van der Waals surface area contributed by atoms with Gasteiger partial charge in [0.1, 0.15) is 11.6 Å². The lowest BCUT2D eigenvalue weighted by Gasteiger charge is -2.19. The number of furan rings is 1. The molecule has 0 aliphatic rings. The third kappa shape index (κ3) is 4.59. The van der Waals surface area contributed by atoms with E-state index in [-0.39, 0.29) is 0 Å². The van der Waals surface area contributed by atoms with Crippen molar-refractivity contribution in [1.82, 2.24) is 9.97 Å². The zero-order valence-electron chi connectivity index (χ0n) is 14.8. The van der Waals surface area contributed by atoms with Gasteiger partial charge >= 0.3 is 0 Å². The molecule has 3 aromatic rings. The van der Waals surface area contributed by atoms with Crippen LogP contribution >= 0.6 is 0 Å². The maximum absolute atomic E-state index is 5.37. The highest BCUT2D eigenvalue weighted by molar-refractivity contribution is 5.64. The zero-order chi connectivity index (χ0) is 17.5. The number of aromatic nitrogens is 2. The summed E-state index contributed by atoms with van der Waals surface area (Å²) >= 11 is 0. The van der Waals surface area contributed by atoms with Crippen LogP contribution in [0.25, 0.3) is 11.3 Å². The predicted molar refractivity (Wildman–Crippen MR) is 102 cm³/mol. The average molecular weight is 336 g/mol. The quantitative estimate of drug-likeness (QED) is 0.652. The fraction of sp³-hybridized carbons (Fsp3) is 0.300. The first-order valence-electron chi connectivity index (χ1n) is 8.68. The summed E-state index contributed by atoms with van der Waals surface area (Å²) in [6.07, 6.45) is 3.96. The van der Waals surface area contributed by atoms with E-state index in [9.17, 15) is 0 Å². The molecule has 3 rings (SSSR count). The molecule has 1 N–H and O–H groups in total. The van der Waals surface area contributed by atoms with E-state index in [2.05, 4.69) is 46.3 Å². The van der Waals surface area contributed by atoms with Gasteiger partial charge in [-0.2, -0.15) is 4.98 Å². The minimum absolute atomic E-state index is 0.559. The minimum Gasteiger partial charge on any atom is -0.467 e. The molecule has 0 saturated carbocycles. The summed E-state index contributed by atoms with van der Waals surface area (Å²) in [5.41, 5.74) is 1.99. The van der Waals surface area contributed by atoms with Crippen LogP contribution in [0.4, 0.5) is 11.8 Å². The highest BCUT2D eigenvalue weighted by Gasteiger charge is 2.10. The van der Waals surface area contributed by atoms with Gasteiger partial charge in [-0.25, -0.2) is 4.98 Å². The van der Waals surface area contributed by atoms with Crippen molar-refractivity contribution < 1.29 is 4.42 Å². The molecule has 0 bridgehead atoms. The fourth-order valence-corrected chi connectivity index (χ4v) is 2.56. The number of nitrogens with one attached hydrogen (secondary N) is 1. The predicted octanol–water partition coefficient (Wildman–Crippen LogP) is 4.59. The van der Waals surface area contributed by atoms with Gasteiger partial charge in [0.2, 0.25) is 5.95 Å². The SMILES string of the molecule is CCCCN(C)c1cc(-c2ccccc2)nc(NCc2ccco2)n1. The van der Waals surface area contributed by atoms with Crippen molar-refractivity contribution in [1.29, 1.82) is 0 Å². The second kappa shape index (κ2) is 8.33. The highest BCUT2D eigenvalue weighted by atomic mass is 16.3. The van der Waals surface area contributed by atoms with Crippen LogP contribution < -0.4 is 10.2 Å². The number of rotatable bonds is 8. The van der Waals surface area contributed by atoms with Gasteiger partial charge in [-0.3, -0.25) is 0 Å². The van der Waals surface area contributed by atoms with Gasteiger partial charge in [-0.1, -0.05) is 43.7 Å². The van der Waals surface area contributed by atoms with Crippen molar-refractivity contribution >= 4 is 11.8 Å². The monoisotopic (exact) mass is 336 g/mol. The van der Waals surface area contributed by atoms with Crippen LogP contribution in [-0.4, -0.2) is 23.6 Å². The Morgan fingerprint density at radius 1 is 1.08 bits per heavy atom. The van der Waals surface area contributed by atoms with Crippen LogP contribution in [0, 0.1) is 0 Å². The molecule has 0 radical (unpaired) electrons. The maximum Gasteiger partial charge on any atom is 0.225 e. The molecule has 5 heteroatoms. The van der Waals surface area contributed by atoms with Crippen LogP contribution in [0.2, 0.25) is 0 Å². The second-order valence-electron chi connectivity index (χ2n) is 6.01. The van der Waals surface area contributed by atoms with E-state index in [1.54, 1.807) is 6.26 Å². The zero-order valence-corrected chi connectivity index (χ0v) is 14.8. The molecule has 0 atom stereocenters. The Kier molecular flexibility index (Phi) is 5.67. The number of hydrogen-bond acceptors (Lipinski definition) is 5. The van der Waals surface area contributed by atoms with Gasteiger partial charge in [0, 0.05) is 25.2 Å². The summed E-state index contributed by atoms with van der Waals surface area (Å²) in [5, 5.41) is 3.27. The van der Waals surface area contributed by atoms with Crippen LogP contribution in [0.3, 0.4) is 0 Å². The molecule has 2 aromatic heterocycles.